The Labute approximate surface area is 157 Å². The number of halogens is 1. The van der Waals surface area contributed by atoms with Gasteiger partial charge >= 0.3 is 0 Å². The molecule has 1 aliphatic rings. The van der Waals surface area contributed by atoms with Crippen molar-refractivity contribution in [3.05, 3.63) is 35.4 Å². The zero-order valence-corrected chi connectivity index (χ0v) is 16.9. The number of ether oxygens (including phenoxy) is 1. The summed E-state index contributed by atoms with van der Waals surface area (Å²) in [6.07, 6.45) is 2.34. The molecule has 1 aliphatic heterocycles. The molecule has 1 heterocycles. The zero-order valence-electron chi connectivity index (χ0n) is 14.5. The molecule has 1 aromatic carbocycles. The van der Waals surface area contributed by atoms with Gasteiger partial charge in [0.05, 0.1) is 19.8 Å². The van der Waals surface area contributed by atoms with Crippen LogP contribution >= 0.6 is 24.0 Å². The summed E-state index contributed by atoms with van der Waals surface area (Å²) in [5.74, 6) is 0.905. The Morgan fingerprint density at radius 3 is 2.48 bits per heavy atom. The predicted octanol–water partition coefficient (Wildman–Crippen LogP) is 3.48. The largest absolute Gasteiger partial charge is 0.380 e. The number of unbranched alkanes of at least 4 members (excludes halogenated alkanes) is 1. The van der Waals surface area contributed by atoms with Crippen LogP contribution in [0.5, 0.6) is 0 Å². The van der Waals surface area contributed by atoms with Gasteiger partial charge in [0.25, 0.3) is 0 Å². The fourth-order valence-electron chi connectivity index (χ4n) is 2.27. The maximum absolute atomic E-state index is 5.31. The van der Waals surface area contributed by atoms with E-state index in [4.69, 9.17) is 9.73 Å². The molecule has 0 amide bonds. The van der Waals surface area contributed by atoms with Crippen molar-refractivity contribution in [3.8, 4) is 0 Å². The Kier molecular flexibility index (Phi) is 8.91. The lowest BCUT2D eigenvalue weighted by Crippen LogP contribution is -2.51. The van der Waals surface area contributed by atoms with Gasteiger partial charge in [-0.3, -0.25) is 0 Å². The molecule has 0 spiro atoms. The van der Waals surface area contributed by atoms with Crippen LogP contribution in [0.3, 0.4) is 0 Å². The van der Waals surface area contributed by atoms with Crippen LogP contribution in [-0.4, -0.2) is 32.3 Å². The second kappa shape index (κ2) is 10.1. The number of hydrogen-bond acceptors (Lipinski definition) is 2. The van der Waals surface area contributed by atoms with E-state index < -0.39 is 0 Å². The number of hydrogen-bond donors (Lipinski definition) is 2. The predicted molar refractivity (Wildman–Crippen MR) is 108 cm³/mol. The molecular formula is C18H30IN3O. The number of aryl methyl sites for hydroxylation is 1. The van der Waals surface area contributed by atoms with E-state index in [9.17, 15) is 0 Å². The van der Waals surface area contributed by atoms with Gasteiger partial charge in [-0.15, -0.1) is 24.0 Å². The monoisotopic (exact) mass is 431 g/mol. The number of nitrogens with one attached hydrogen (secondary N) is 2. The van der Waals surface area contributed by atoms with Crippen molar-refractivity contribution in [2.75, 3.05) is 26.3 Å². The van der Waals surface area contributed by atoms with E-state index in [1.165, 1.54) is 17.5 Å². The van der Waals surface area contributed by atoms with Gasteiger partial charge in [0, 0.05) is 18.5 Å². The highest BCUT2D eigenvalue weighted by molar-refractivity contribution is 14.0. The third kappa shape index (κ3) is 7.08. The van der Waals surface area contributed by atoms with Gasteiger partial charge in [-0.2, -0.15) is 0 Å². The van der Waals surface area contributed by atoms with E-state index in [0.29, 0.717) is 6.54 Å². The van der Waals surface area contributed by atoms with Crippen molar-refractivity contribution in [3.63, 3.8) is 0 Å². The van der Waals surface area contributed by atoms with Crippen LogP contribution < -0.4 is 10.6 Å². The van der Waals surface area contributed by atoms with Crippen LogP contribution in [0, 0.1) is 12.3 Å². The summed E-state index contributed by atoms with van der Waals surface area (Å²) in [5, 5.41) is 6.88. The van der Waals surface area contributed by atoms with Gasteiger partial charge in [0.2, 0.25) is 0 Å². The van der Waals surface area contributed by atoms with Crippen LogP contribution in [0.15, 0.2) is 29.3 Å². The molecule has 5 heteroatoms. The number of guanidine groups is 1. The van der Waals surface area contributed by atoms with Gasteiger partial charge in [-0.1, -0.05) is 50.1 Å². The first-order valence-corrected chi connectivity index (χ1v) is 8.27. The molecule has 0 atom stereocenters. The molecule has 2 N–H and O–H groups in total. The van der Waals surface area contributed by atoms with Gasteiger partial charge in [0.15, 0.2) is 5.96 Å². The molecule has 2 rings (SSSR count). The van der Waals surface area contributed by atoms with Crippen LogP contribution in [-0.2, 0) is 11.3 Å². The van der Waals surface area contributed by atoms with Gasteiger partial charge in [0.1, 0.15) is 0 Å². The average molecular weight is 431 g/mol. The summed E-state index contributed by atoms with van der Waals surface area (Å²) in [6.45, 7) is 10.8. The highest BCUT2D eigenvalue weighted by atomic mass is 127. The molecule has 1 fully saturated rings. The first kappa shape index (κ1) is 20.2. The molecule has 0 aromatic heterocycles. The minimum atomic E-state index is 0. The summed E-state index contributed by atoms with van der Waals surface area (Å²) in [6, 6.07) is 8.55. The lowest BCUT2D eigenvalue weighted by molar-refractivity contribution is -0.0971. The zero-order chi connectivity index (χ0) is 15.8. The fourth-order valence-corrected chi connectivity index (χ4v) is 2.27. The molecule has 1 saturated heterocycles. The van der Waals surface area contributed by atoms with E-state index in [1.54, 1.807) is 0 Å². The maximum atomic E-state index is 5.31. The van der Waals surface area contributed by atoms with Crippen molar-refractivity contribution < 1.29 is 4.74 Å². The van der Waals surface area contributed by atoms with Crippen molar-refractivity contribution in [2.24, 2.45) is 10.4 Å². The molecule has 130 valence electrons. The van der Waals surface area contributed by atoms with Gasteiger partial charge in [-0.05, 0) is 18.9 Å². The van der Waals surface area contributed by atoms with E-state index in [-0.39, 0.29) is 29.4 Å². The summed E-state index contributed by atoms with van der Waals surface area (Å²) < 4.78 is 5.31. The maximum Gasteiger partial charge on any atom is 0.191 e. The van der Waals surface area contributed by atoms with E-state index in [0.717, 1.165) is 38.7 Å². The summed E-state index contributed by atoms with van der Waals surface area (Å²) in [4.78, 5) is 4.71. The van der Waals surface area contributed by atoms with Crippen molar-refractivity contribution in [1.29, 1.82) is 0 Å². The highest BCUT2D eigenvalue weighted by Gasteiger charge is 2.33. The molecule has 4 nitrogen and oxygen atoms in total. The number of nitrogens with zero attached hydrogens (tertiary/aromatic N) is 1. The van der Waals surface area contributed by atoms with Crippen LogP contribution in [0.25, 0.3) is 0 Å². The van der Waals surface area contributed by atoms with Crippen LogP contribution in [0.4, 0.5) is 0 Å². The molecule has 0 radical (unpaired) electrons. The molecule has 0 aliphatic carbocycles. The quantitative estimate of drug-likeness (QED) is 0.301. The second-order valence-corrected chi connectivity index (χ2v) is 6.59. The third-order valence-electron chi connectivity index (χ3n) is 3.95. The van der Waals surface area contributed by atoms with Crippen molar-refractivity contribution in [1.82, 2.24) is 10.6 Å². The molecule has 23 heavy (non-hydrogen) atoms. The first-order chi connectivity index (χ1) is 10.6. The Balaban J connectivity index is 0.00000264. The first-order valence-electron chi connectivity index (χ1n) is 8.27. The number of benzene rings is 1. The minimum Gasteiger partial charge on any atom is -0.380 e. The fraction of sp³-hybridized carbons (Fsp3) is 0.611. The van der Waals surface area contributed by atoms with Crippen LogP contribution in [0.2, 0.25) is 0 Å². The lowest BCUT2D eigenvalue weighted by atomic mass is 9.89. The second-order valence-electron chi connectivity index (χ2n) is 6.59. The third-order valence-corrected chi connectivity index (χ3v) is 3.95. The van der Waals surface area contributed by atoms with Crippen molar-refractivity contribution >= 4 is 29.9 Å². The van der Waals surface area contributed by atoms with Crippen LogP contribution in [0.1, 0.15) is 37.8 Å². The highest BCUT2D eigenvalue weighted by Crippen LogP contribution is 2.24. The van der Waals surface area contributed by atoms with E-state index in [2.05, 4.69) is 55.7 Å². The van der Waals surface area contributed by atoms with E-state index in [1.807, 2.05) is 0 Å². The topological polar surface area (TPSA) is 45.7 Å². The lowest BCUT2D eigenvalue weighted by Gasteiger charge is -2.38. The molecular weight excluding hydrogens is 401 g/mol. The van der Waals surface area contributed by atoms with E-state index >= 15 is 0 Å². The molecule has 0 saturated carbocycles. The smallest absolute Gasteiger partial charge is 0.191 e. The number of rotatable bonds is 7. The minimum absolute atomic E-state index is 0. The summed E-state index contributed by atoms with van der Waals surface area (Å²) in [5.41, 5.74) is 2.77. The summed E-state index contributed by atoms with van der Waals surface area (Å²) in [7, 11) is 0. The molecule has 0 unspecified atom stereocenters. The molecule has 1 aromatic rings. The van der Waals surface area contributed by atoms with Gasteiger partial charge < -0.3 is 15.4 Å². The molecule has 0 bridgehead atoms. The SMILES string of the molecule is CCCCNC(=NCc1ccc(C)cc1)NCC1(C)COC1.I. The van der Waals surface area contributed by atoms with Crippen molar-refractivity contribution in [2.45, 2.75) is 40.2 Å². The average Bonchev–Trinajstić information content (AvgIpc) is 2.49. The summed E-state index contributed by atoms with van der Waals surface area (Å²) >= 11 is 0. The Morgan fingerprint density at radius 2 is 1.91 bits per heavy atom. The Bertz CT molecular complexity index is 484. The Morgan fingerprint density at radius 1 is 1.22 bits per heavy atom. The standard InChI is InChI=1S/C18H29N3O.HI/c1-4-5-10-19-17(21-12-18(3)13-22-14-18)20-11-16-8-6-15(2)7-9-16;/h6-9H,4-5,10-14H2,1-3H3,(H2,19,20,21);1H. The number of aliphatic imine (C=N–C) groups is 1. The van der Waals surface area contributed by atoms with Gasteiger partial charge in [-0.25, -0.2) is 4.99 Å². The normalized spacial score (nSPS) is 16.2. The Hall–Kier alpha value is -0.820.